The number of alkyl halides is 1. The first kappa shape index (κ1) is 14.6. The van der Waals surface area contributed by atoms with Gasteiger partial charge in [0.05, 0.1) is 6.61 Å². The molecule has 0 fully saturated rings. The average molecular weight is 299 g/mol. The maximum atomic E-state index is 5.63. The minimum Gasteiger partial charge on any atom is -0.494 e. The fourth-order valence-corrected chi connectivity index (χ4v) is 3.24. The summed E-state index contributed by atoms with van der Waals surface area (Å²) < 4.78 is 5.63. The molecule has 0 radical (unpaired) electrons. The number of benzene rings is 1. The number of halogens is 1. The first-order chi connectivity index (χ1) is 8.01. The van der Waals surface area contributed by atoms with Gasteiger partial charge in [-0.1, -0.05) is 35.8 Å². The van der Waals surface area contributed by atoms with E-state index in [4.69, 9.17) is 4.74 Å². The zero-order chi connectivity index (χ0) is 13.0. The summed E-state index contributed by atoms with van der Waals surface area (Å²) in [6, 6.07) is 4.46. The van der Waals surface area contributed by atoms with Crippen LogP contribution in [0, 0.1) is 19.8 Å². The van der Waals surface area contributed by atoms with Crippen molar-refractivity contribution in [2.45, 2.75) is 40.5 Å². The summed E-state index contributed by atoms with van der Waals surface area (Å²) in [5, 5.41) is 1.01. The lowest BCUT2D eigenvalue weighted by atomic mass is 9.86. The monoisotopic (exact) mass is 298 g/mol. The highest BCUT2D eigenvalue weighted by Gasteiger charge is 2.18. The van der Waals surface area contributed by atoms with Crippen LogP contribution in [0.25, 0.3) is 0 Å². The van der Waals surface area contributed by atoms with Gasteiger partial charge in [-0.05, 0) is 55.4 Å². The Hall–Kier alpha value is -0.500. The Morgan fingerprint density at radius 1 is 1.18 bits per heavy atom. The molecule has 1 aromatic rings. The van der Waals surface area contributed by atoms with Crippen LogP contribution in [0.1, 0.15) is 43.4 Å². The third-order valence-electron chi connectivity index (χ3n) is 3.23. The van der Waals surface area contributed by atoms with Crippen molar-refractivity contribution in [1.82, 2.24) is 0 Å². The highest BCUT2D eigenvalue weighted by Crippen LogP contribution is 2.32. The lowest BCUT2D eigenvalue weighted by molar-refractivity contribution is 0.337. The van der Waals surface area contributed by atoms with Crippen LogP contribution in [0.3, 0.4) is 0 Å². The van der Waals surface area contributed by atoms with Gasteiger partial charge >= 0.3 is 0 Å². The van der Waals surface area contributed by atoms with Crippen molar-refractivity contribution in [1.29, 1.82) is 0 Å². The summed E-state index contributed by atoms with van der Waals surface area (Å²) in [7, 11) is 0. The topological polar surface area (TPSA) is 9.23 Å². The van der Waals surface area contributed by atoms with E-state index in [0.717, 1.165) is 17.7 Å². The third kappa shape index (κ3) is 3.48. The van der Waals surface area contributed by atoms with Gasteiger partial charge in [0, 0.05) is 5.33 Å². The average Bonchev–Trinajstić information content (AvgIpc) is 2.25. The van der Waals surface area contributed by atoms with Crippen molar-refractivity contribution in [2.75, 3.05) is 11.9 Å². The van der Waals surface area contributed by atoms with Gasteiger partial charge < -0.3 is 4.74 Å². The van der Waals surface area contributed by atoms with Gasteiger partial charge in [-0.25, -0.2) is 0 Å². The van der Waals surface area contributed by atoms with Crippen LogP contribution in [-0.4, -0.2) is 11.9 Å². The Bertz CT molecular complexity index is 371. The normalized spacial score (nSPS) is 12.9. The second-order valence-corrected chi connectivity index (χ2v) is 5.56. The molecule has 1 aromatic carbocycles. The molecule has 1 rings (SSSR count). The summed E-state index contributed by atoms with van der Waals surface area (Å²) in [6.07, 6.45) is 0. The van der Waals surface area contributed by atoms with Crippen LogP contribution in [0.4, 0.5) is 0 Å². The minimum absolute atomic E-state index is 0.573. The van der Waals surface area contributed by atoms with E-state index in [1.54, 1.807) is 0 Å². The van der Waals surface area contributed by atoms with Gasteiger partial charge in [-0.2, -0.15) is 0 Å². The molecule has 0 aliphatic rings. The van der Waals surface area contributed by atoms with Gasteiger partial charge in [0.2, 0.25) is 0 Å². The molecule has 1 unspecified atom stereocenters. The number of hydrogen-bond acceptors (Lipinski definition) is 1. The fourth-order valence-electron chi connectivity index (χ4n) is 2.14. The van der Waals surface area contributed by atoms with E-state index in [1.807, 2.05) is 6.92 Å². The summed E-state index contributed by atoms with van der Waals surface area (Å²) in [5.41, 5.74) is 4.01. The van der Waals surface area contributed by atoms with Crippen LogP contribution in [0.15, 0.2) is 12.1 Å². The second-order valence-electron chi connectivity index (χ2n) is 4.91. The number of rotatable bonds is 5. The largest absolute Gasteiger partial charge is 0.494 e. The van der Waals surface area contributed by atoms with Crippen LogP contribution in [0.5, 0.6) is 5.75 Å². The van der Waals surface area contributed by atoms with Gasteiger partial charge in [0.15, 0.2) is 0 Å². The van der Waals surface area contributed by atoms with E-state index in [-0.39, 0.29) is 0 Å². The van der Waals surface area contributed by atoms with E-state index in [0.29, 0.717) is 11.8 Å². The van der Waals surface area contributed by atoms with Gasteiger partial charge in [-0.3, -0.25) is 0 Å². The zero-order valence-electron chi connectivity index (χ0n) is 11.5. The lowest BCUT2D eigenvalue weighted by Crippen LogP contribution is -2.10. The van der Waals surface area contributed by atoms with E-state index < -0.39 is 0 Å². The molecule has 0 saturated carbocycles. The summed E-state index contributed by atoms with van der Waals surface area (Å²) in [4.78, 5) is 0. The Morgan fingerprint density at radius 3 is 2.29 bits per heavy atom. The molecule has 1 atom stereocenters. The number of aryl methyl sites for hydroxylation is 2. The molecule has 0 aromatic heterocycles. The predicted molar refractivity (Wildman–Crippen MR) is 78.5 cm³/mol. The molecule has 2 heteroatoms. The maximum absolute atomic E-state index is 5.63. The smallest absolute Gasteiger partial charge is 0.122 e. The molecule has 96 valence electrons. The molecule has 0 N–H and O–H groups in total. The van der Waals surface area contributed by atoms with Crippen LogP contribution >= 0.6 is 15.9 Å². The van der Waals surface area contributed by atoms with Crippen molar-refractivity contribution in [3.8, 4) is 5.75 Å². The first-order valence-corrected chi connectivity index (χ1v) is 7.43. The van der Waals surface area contributed by atoms with Crippen molar-refractivity contribution in [3.05, 3.63) is 28.8 Å². The second kappa shape index (κ2) is 6.44. The highest BCUT2D eigenvalue weighted by atomic mass is 79.9. The van der Waals surface area contributed by atoms with Gasteiger partial charge in [-0.15, -0.1) is 0 Å². The number of hydrogen-bond donors (Lipinski definition) is 0. The Labute approximate surface area is 114 Å². The van der Waals surface area contributed by atoms with Gasteiger partial charge in [0.25, 0.3) is 0 Å². The van der Waals surface area contributed by atoms with E-state index in [9.17, 15) is 0 Å². The Kier molecular flexibility index (Phi) is 5.51. The summed E-state index contributed by atoms with van der Waals surface area (Å²) >= 11 is 3.63. The lowest BCUT2D eigenvalue weighted by Gasteiger charge is -2.22. The van der Waals surface area contributed by atoms with Crippen LogP contribution < -0.4 is 4.74 Å². The van der Waals surface area contributed by atoms with Crippen LogP contribution in [-0.2, 0) is 0 Å². The zero-order valence-corrected chi connectivity index (χ0v) is 13.1. The Morgan fingerprint density at radius 2 is 1.82 bits per heavy atom. The number of ether oxygens (including phenoxy) is 1. The molecule has 0 aliphatic carbocycles. The van der Waals surface area contributed by atoms with E-state index >= 15 is 0 Å². The van der Waals surface area contributed by atoms with Crippen molar-refractivity contribution < 1.29 is 4.74 Å². The maximum Gasteiger partial charge on any atom is 0.122 e. The fraction of sp³-hybridized carbons (Fsp3) is 0.600. The van der Waals surface area contributed by atoms with Crippen LogP contribution in [0.2, 0.25) is 0 Å². The predicted octanol–water partition coefficient (Wildman–Crippen LogP) is 4.84. The molecule has 17 heavy (non-hydrogen) atoms. The molecule has 0 heterocycles. The molecular formula is C15H23BrO. The molecule has 0 amide bonds. The molecule has 0 bridgehead atoms. The molecule has 0 spiro atoms. The van der Waals surface area contributed by atoms with E-state index in [1.165, 1.54) is 16.7 Å². The van der Waals surface area contributed by atoms with Crippen molar-refractivity contribution >= 4 is 15.9 Å². The summed E-state index contributed by atoms with van der Waals surface area (Å²) in [5.74, 6) is 2.24. The molecule has 0 saturated heterocycles. The van der Waals surface area contributed by atoms with Crippen molar-refractivity contribution in [2.24, 2.45) is 5.92 Å². The SMILES string of the molecule is CCOc1cc(C)c(C(CBr)C(C)C)cc1C. The Balaban J connectivity index is 3.13. The summed E-state index contributed by atoms with van der Waals surface area (Å²) in [6.45, 7) is 11.6. The molecule has 1 nitrogen and oxygen atoms in total. The first-order valence-electron chi connectivity index (χ1n) is 6.31. The van der Waals surface area contributed by atoms with Crippen molar-refractivity contribution in [3.63, 3.8) is 0 Å². The standard InChI is InChI=1S/C15H23BrO/c1-6-17-15-8-11(4)13(7-12(15)5)14(9-16)10(2)3/h7-8,10,14H,6,9H2,1-5H3. The molecular weight excluding hydrogens is 276 g/mol. The van der Waals surface area contributed by atoms with E-state index in [2.05, 4.69) is 55.8 Å². The minimum atomic E-state index is 0.573. The molecule has 0 aliphatic heterocycles. The quantitative estimate of drug-likeness (QED) is 0.707. The van der Waals surface area contributed by atoms with Gasteiger partial charge in [0.1, 0.15) is 5.75 Å². The third-order valence-corrected chi connectivity index (χ3v) is 3.93. The highest BCUT2D eigenvalue weighted by molar-refractivity contribution is 9.09.